The van der Waals surface area contributed by atoms with Crippen LogP contribution in [0, 0.1) is 6.92 Å². The molecule has 7 nitrogen and oxygen atoms in total. The van der Waals surface area contributed by atoms with Crippen molar-refractivity contribution in [3.8, 4) is 21.9 Å². The predicted molar refractivity (Wildman–Crippen MR) is 137 cm³/mol. The summed E-state index contributed by atoms with van der Waals surface area (Å²) in [6.45, 7) is 2.52. The molecule has 3 heterocycles. The van der Waals surface area contributed by atoms with Crippen molar-refractivity contribution in [3.05, 3.63) is 76.3 Å². The minimum atomic E-state index is -0.186. The van der Waals surface area contributed by atoms with Gasteiger partial charge in [-0.1, -0.05) is 30.3 Å². The lowest BCUT2D eigenvalue weighted by Crippen LogP contribution is -2.36. The van der Waals surface area contributed by atoms with E-state index in [1.54, 1.807) is 14.2 Å². The highest BCUT2D eigenvalue weighted by molar-refractivity contribution is 7.22. The Morgan fingerprint density at radius 3 is 2.69 bits per heavy atom. The van der Waals surface area contributed by atoms with Crippen molar-refractivity contribution in [1.29, 1.82) is 0 Å². The van der Waals surface area contributed by atoms with Crippen molar-refractivity contribution >= 4 is 27.5 Å². The van der Waals surface area contributed by atoms with Gasteiger partial charge >= 0.3 is 0 Å². The van der Waals surface area contributed by atoms with Crippen LogP contribution >= 0.6 is 11.3 Å². The van der Waals surface area contributed by atoms with Crippen molar-refractivity contribution in [2.24, 2.45) is 0 Å². The Bertz CT molecular complexity index is 1440. The van der Waals surface area contributed by atoms with Gasteiger partial charge < -0.3 is 14.4 Å². The van der Waals surface area contributed by atoms with Gasteiger partial charge in [0.1, 0.15) is 22.9 Å². The molecule has 1 amide bonds. The number of hydrogen-bond acceptors (Lipinski definition) is 6. The molecule has 0 aliphatic carbocycles. The summed E-state index contributed by atoms with van der Waals surface area (Å²) in [6.07, 6.45) is 3.20. The molecule has 5 rings (SSSR count). The van der Waals surface area contributed by atoms with E-state index in [2.05, 4.69) is 4.98 Å². The highest BCUT2D eigenvalue weighted by Crippen LogP contribution is 2.39. The Hall–Kier alpha value is -3.65. The van der Waals surface area contributed by atoms with Crippen LogP contribution in [0.15, 0.2) is 59.7 Å². The van der Waals surface area contributed by atoms with Gasteiger partial charge in [0.15, 0.2) is 0 Å². The summed E-state index contributed by atoms with van der Waals surface area (Å²) in [6, 6.07) is 15.5. The van der Waals surface area contributed by atoms with Gasteiger partial charge in [-0.25, -0.2) is 4.98 Å². The highest BCUT2D eigenvalue weighted by Gasteiger charge is 2.32. The van der Waals surface area contributed by atoms with E-state index in [0.717, 1.165) is 40.2 Å². The van der Waals surface area contributed by atoms with Crippen LogP contribution in [0.1, 0.15) is 30.0 Å². The van der Waals surface area contributed by atoms with Crippen LogP contribution < -0.4 is 15.0 Å². The topological polar surface area (TPSA) is 73.7 Å². The molecular weight excluding hydrogens is 462 g/mol. The molecule has 1 saturated heterocycles. The molecule has 35 heavy (non-hydrogen) atoms. The summed E-state index contributed by atoms with van der Waals surface area (Å²) >= 11 is 1.50. The zero-order chi connectivity index (χ0) is 24.5. The number of aryl methyl sites for hydroxylation is 1. The maximum absolute atomic E-state index is 13.4. The Labute approximate surface area is 207 Å². The molecule has 0 radical (unpaired) electrons. The van der Waals surface area contributed by atoms with E-state index in [1.165, 1.54) is 22.2 Å². The fraction of sp³-hybridized carbons (Fsp3) is 0.296. The highest BCUT2D eigenvalue weighted by atomic mass is 32.1. The van der Waals surface area contributed by atoms with E-state index in [9.17, 15) is 9.59 Å². The Morgan fingerprint density at radius 2 is 1.94 bits per heavy atom. The zero-order valence-corrected chi connectivity index (χ0v) is 20.8. The molecule has 0 spiro atoms. The van der Waals surface area contributed by atoms with Crippen LogP contribution in [0.2, 0.25) is 0 Å². The molecular formula is C27H27N3O4S. The average molecular weight is 490 g/mol. The zero-order valence-electron chi connectivity index (χ0n) is 20.0. The first-order valence-corrected chi connectivity index (χ1v) is 12.4. The largest absolute Gasteiger partial charge is 0.497 e. The number of hydrogen-bond donors (Lipinski definition) is 0. The average Bonchev–Trinajstić information content (AvgIpc) is 3.51. The quantitative estimate of drug-likeness (QED) is 0.388. The summed E-state index contributed by atoms with van der Waals surface area (Å²) in [4.78, 5) is 34.9. The molecule has 180 valence electrons. The first-order chi connectivity index (χ1) is 17.0. The minimum absolute atomic E-state index is 0.0550. The fourth-order valence-corrected chi connectivity index (χ4v) is 6.01. The SMILES string of the molecule is COc1ccc(OC)c([C@H]2CCCN2C(=O)Cn2cnc3sc(-c4ccccc4)c(C)c3c2=O)c1. The van der Waals surface area contributed by atoms with Crippen molar-refractivity contribution in [2.45, 2.75) is 32.4 Å². The number of rotatable bonds is 6. The van der Waals surface area contributed by atoms with Gasteiger partial charge in [0.25, 0.3) is 5.56 Å². The second-order valence-corrected chi connectivity index (χ2v) is 9.63. The van der Waals surface area contributed by atoms with Gasteiger partial charge in [-0.2, -0.15) is 0 Å². The number of likely N-dealkylation sites (tertiary alicyclic amines) is 1. The first kappa shape index (κ1) is 23.1. The number of methoxy groups -OCH3 is 2. The fourth-order valence-electron chi connectivity index (χ4n) is 4.86. The first-order valence-electron chi connectivity index (χ1n) is 11.6. The molecule has 8 heteroatoms. The standard InChI is InChI=1S/C27H27N3O4S/c1-17-24-26(35-25(17)18-8-5-4-6-9-18)28-16-29(27(24)32)15-23(31)30-13-7-10-21(30)20-14-19(33-2)11-12-22(20)34-3/h4-6,8-9,11-12,14,16,21H,7,10,13,15H2,1-3H3/t21-/m1/s1. The molecule has 1 atom stereocenters. The summed E-state index contributed by atoms with van der Waals surface area (Å²) in [5.74, 6) is 1.32. The van der Waals surface area contributed by atoms with Gasteiger partial charge in [-0.05, 0) is 49.1 Å². The van der Waals surface area contributed by atoms with Crippen molar-refractivity contribution in [1.82, 2.24) is 14.5 Å². The van der Waals surface area contributed by atoms with Gasteiger partial charge in [-0.3, -0.25) is 14.2 Å². The van der Waals surface area contributed by atoms with Crippen LogP contribution in [0.25, 0.3) is 20.7 Å². The molecule has 0 unspecified atom stereocenters. The summed E-state index contributed by atoms with van der Waals surface area (Å²) in [7, 11) is 3.24. The number of amides is 1. The van der Waals surface area contributed by atoms with Gasteiger partial charge in [0.05, 0.1) is 32.0 Å². The molecule has 2 aromatic heterocycles. The lowest BCUT2D eigenvalue weighted by Gasteiger charge is -2.27. The second kappa shape index (κ2) is 9.54. The lowest BCUT2D eigenvalue weighted by molar-refractivity contribution is -0.132. The minimum Gasteiger partial charge on any atom is -0.497 e. The summed E-state index contributed by atoms with van der Waals surface area (Å²) in [5, 5.41) is 0.580. The van der Waals surface area contributed by atoms with Crippen molar-refractivity contribution in [3.63, 3.8) is 0 Å². The summed E-state index contributed by atoms with van der Waals surface area (Å²) in [5.41, 5.74) is 2.69. The Balaban J connectivity index is 1.45. The number of carbonyl (C=O) groups excluding carboxylic acids is 1. The molecule has 0 bridgehead atoms. The Kier molecular flexibility index (Phi) is 6.30. The van der Waals surface area contributed by atoms with Crippen LogP contribution in [0.4, 0.5) is 0 Å². The summed E-state index contributed by atoms with van der Waals surface area (Å²) < 4.78 is 12.4. The van der Waals surface area contributed by atoms with Crippen LogP contribution in [-0.4, -0.2) is 41.1 Å². The number of carbonyl (C=O) groups is 1. The third kappa shape index (κ3) is 4.18. The maximum atomic E-state index is 13.4. The van der Waals surface area contributed by atoms with E-state index in [0.29, 0.717) is 22.5 Å². The van der Waals surface area contributed by atoms with Crippen molar-refractivity contribution < 1.29 is 14.3 Å². The van der Waals surface area contributed by atoms with Crippen LogP contribution in [0.3, 0.4) is 0 Å². The number of aromatic nitrogens is 2. The molecule has 4 aromatic rings. The van der Waals surface area contributed by atoms with Gasteiger partial charge in [0.2, 0.25) is 5.91 Å². The molecule has 0 N–H and O–H groups in total. The van der Waals surface area contributed by atoms with E-state index < -0.39 is 0 Å². The van der Waals surface area contributed by atoms with Gasteiger partial charge in [-0.15, -0.1) is 11.3 Å². The monoisotopic (exact) mass is 489 g/mol. The molecule has 2 aromatic carbocycles. The number of benzene rings is 2. The van der Waals surface area contributed by atoms with E-state index in [4.69, 9.17) is 9.47 Å². The third-order valence-corrected chi connectivity index (χ3v) is 7.88. The van der Waals surface area contributed by atoms with Crippen molar-refractivity contribution in [2.75, 3.05) is 20.8 Å². The van der Waals surface area contributed by atoms with Gasteiger partial charge in [0, 0.05) is 17.0 Å². The Morgan fingerprint density at radius 1 is 1.14 bits per heavy atom. The molecule has 1 aliphatic heterocycles. The second-order valence-electron chi connectivity index (χ2n) is 8.63. The maximum Gasteiger partial charge on any atom is 0.262 e. The molecule has 1 fully saturated rings. The third-order valence-electron chi connectivity index (χ3n) is 6.63. The van der Waals surface area contributed by atoms with E-state index in [1.807, 2.05) is 60.4 Å². The normalized spacial score (nSPS) is 15.5. The molecule has 1 aliphatic rings. The predicted octanol–water partition coefficient (Wildman–Crippen LogP) is 4.81. The number of nitrogens with zero attached hydrogens (tertiary/aromatic N) is 3. The van der Waals surface area contributed by atoms with E-state index in [-0.39, 0.29) is 24.1 Å². The van der Waals surface area contributed by atoms with Crippen LogP contribution in [0.5, 0.6) is 11.5 Å². The lowest BCUT2D eigenvalue weighted by atomic mass is 10.0. The number of thiophene rings is 1. The smallest absolute Gasteiger partial charge is 0.262 e. The molecule has 0 saturated carbocycles. The van der Waals surface area contributed by atoms with Crippen LogP contribution in [-0.2, 0) is 11.3 Å². The number of fused-ring (bicyclic) bond motifs is 1. The van der Waals surface area contributed by atoms with E-state index >= 15 is 0 Å². The number of ether oxygens (including phenoxy) is 2.